The molecule has 0 radical (unpaired) electrons. The Morgan fingerprint density at radius 2 is 2.05 bits per heavy atom. The van der Waals surface area contributed by atoms with Crippen LogP contribution in [-0.4, -0.2) is 36.9 Å². The highest BCUT2D eigenvalue weighted by atomic mass is 32.2. The van der Waals surface area contributed by atoms with Crippen LogP contribution in [0.2, 0.25) is 0 Å². The molecule has 0 heterocycles. The zero-order valence-corrected chi connectivity index (χ0v) is 12.5. The molecule has 6 heteroatoms. The minimum absolute atomic E-state index is 0.00258. The smallest absolute Gasteiger partial charge is 0.335 e. The van der Waals surface area contributed by atoms with Crippen molar-refractivity contribution in [2.24, 2.45) is 0 Å². The van der Waals surface area contributed by atoms with Crippen molar-refractivity contribution in [3.05, 3.63) is 29.3 Å². The second-order valence-corrected chi connectivity index (χ2v) is 7.05. The zero-order valence-electron chi connectivity index (χ0n) is 11.7. The maximum absolute atomic E-state index is 12.7. The van der Waals surface area contributed by atoms with Gasteiger partial charge < -0.3 is 5.11 Å². The summed E-state index contributed by atoms with van der Waals surface area (Å²) in [6, 6.07) is 4.35. The van der Waals surface area contributed by atoms with Gasteiger partial charge in [-0.15, -0.1) is 0 Å². The Morgan fingerprint density at radius 3 is 2.50 bits per heavy atom. The van der Waals surface area contributed by atoms with Gasteiger partial charge in [-0.25, -0.2) is 13.2 Å². The summed E-state index contributed by atoms with van der Waals surface area (Å²) >= 11 is 0. The average Bonchev–Trinajstić information content (AvgIpc) is 2.35. The monoisotopic (exact) mass is 297 g/mol. The first-order chi connectivity index (χ1) is 9.37. The standard InChI is InChI=1S/C14H19NO4S/c1-3-10-7-8-11(14(16)17)9-13(10)20(18,19)15(2)12-5-4-6-12/h7-9,12H,3-6H2,1-2H3,(H,16,17). The van der Waals surface area contributed by atoms with Gasteiger partial charge in [-0.1, -0.05) is 19.4 Å². The van der Waals surface area contributed by atoms with Crippen molar-refractivity contribution in [3.63, 3.8) is 0 Å². The van der Waals surface area contributed by atoms with Crippen LogP contribution in [0, 0.1) is 0 Å². The van der Waals surface area contributed by atoms with E-state index in [9.17, 15) is 13.2 Å². The number of benzene rings is 1. The summed E-state index contributed by atoms with van der Waals surface area (Å²) < 4.78 is 26.7. The van der Waals surface area contributed by atoms with Crippen molar-refractivity contribution in [2.45, 2.75) is 43.5 Å². The highest BCUT2D eigenvalue weighted by molar-refractivity contribution is 7.89. The van der Waals surface area contributed by atoms with Crippen molar-refractivity contribution in [3.8, 4) is 0 Å². The van der Waals surface area contributed by atoms with Gasteiger partial charge in [-0.3, -0.25) is 0 Å². The summed E-state index contributed by atoms with van der Waals surface area (Å²) in [5.74, 6) is -1.12. The molecular formula is C14H19NO4S. The SMILES string of the molecule is CCc1ccc(C(=O)O)cc1S(=O)(=O)N(C)C1CCC1. The zero-order chi connectivity index (χ0) is 14.9. The summed E-state index contributed by atoms with van der Waals surface area (Å²) in [6.07, 6.45) is 3.33. The highest BCUT2D eigenvalue weighted by Crippen LogP contribution is 2.30. The minimum atomic E-state index is -3.63. The predicted octanol–water partition coefficient (Wildman–Crippen LogP) is 2.12. The topological polar surface area (TPSA) is 74.7 Å². The van der Waals surface area contributed by atoms with Crippen molar-refractivity contribution >= 4 is 16.0 Å². The van der Waals surface area contributed by atoms with Crippen molar-refractivity contribution in [2.75, 3.05) is 7.05 Å². The molecule has 1 aliphatic carbocycles. The molecule has 0 amide bonds. The molecule has 0 aromatic heterocycles. The largest absolute Gasteiger partial charge is 0.478 e. The van der Waals surface area contributed by atoms with Crippen LogP contribution in [-0.2, 0) is 16.4 Å². The van der Waals surface area contributed by atoms with E-state index in [1.807, 2.05) is 6.92 Å². The summed E-state index contributed by atoms with van der Waals surface area (Å²) in [6.45, 7) is 1.86. The minimum Gasteiger partial charge on any atom is -0.478 e. The van der Waals surface area contributed by atoms with Crippen LogP contribution in [0.4, 0.5) is 0 Å². The van der Waals surface area contributed by atoms with Crippen LogP contribution >= 0.6 is 0 Å². The molecular weight excluding hydrogens is 278 g/mol. The fraction of sp³-hybridized carbons (Fsp3) is 0.500. The van der Waals surface area contributed by atoms with Gasteiger partial charge in [0.05, 0.1) is 10.5 Å². The molecule has 2 rings (SSSR count). The van der Waals surface area contributed by atoms with Crippen molar-refractivity contribution in [1.29, 1.82) is 0 Å². The Bertz CT molecular complexity index is 620. The Hall–Kier alpha value is -1.40. The maximum Gasteiger partial charge on any atom is 0.335 e. The number of sulfonamides is 1. The van der Waals surface area contributed by atoms with E-state index in [-0.39, 0.29) is 16.5 Å². The number of nitrogens with zero attached hydrogens (tertiary/aromatic N) is 1. The number of aryl methyl sites for hydroxylation is 1. The number of hydrogen-bond acceptors (Lipinski definition) is 3. The quantitative estimate of drug-likeness (QED) is 0.903. The summed E-state index contributed by atoms with van der Waals surface area (Å²) in [5.41, 5.74) is 0.656. The number of aromatic carboxylic acids is 1. The number of carboxylic acid groups (broad SMARTS) is 1. The van der Waals surface area contributed by atoms with E-state index in [2.05, 4.69) is 0 Å². The van der Waals surface area contributed by atoms with E-state index in [0.717, 1.165) is 19.3 Å². The number of hydrogen-bond donors (Lipinski definition) is 1. The first-order valence-corrected chi connectivity index (χ1v) is 8.16. The molecule has 0 spiro atoms. The highest BCUT2D eigenvalue weighted by Gasteiger charge is 2.33. The van der Waals surface area contributed by atoms with E-state index in [1.54, 1.807) is 13.1 Å². The van der Waals surface area contributed by atoms with Gasteiger partial charge in [0.1, 0.15) is 0 Å². The first-order valence-electron chi connectivity index (χ1n) is 6.72. The third kappa shape index (κ3) is 2.58. The number of carbonyl (C=O) groups is 1. The normalized spacial score (nSPS) is 16.1. The molecule has 0 aliphatic heterocycles. The second-order valence-electron chi connectivity index (χ2n) is 5.09. The van der Waals surface area contributed by atoms with Crippen LogP contribution in [0.25, 0.3) is 0 Å². The van der Waals surface area contributed by atoms with Gasteiger partial charge in [0, 0.05) is 13.1 Å². The molecule has 1 fully saturated rings. The van der Waals surface area contributed by atoms with E-state index >= 15 is 0 Å². The Morgan fingerprint density at radius 1 is 1.40 bits per heavy atom. The molecule has 1 aliphatic rings. The van der Waals surface area contributed by atoms with Crippen molar-refractivity contribution < 1.29 is 18.3 Å². The lowest BCUT2D eigenvalue weighted by Gasteiger charge is -2.34. The Kier molecular flexibility index (Phi) is 4.15. The van der Waals surface area contributed by atoms with E-state index < -0.39 is 16.0 Å². The first kappa shape index (κ1) is 15.0. The molecule has 0 bridgehead atoms. The van der Waals surface area contributed by atoms with Gasteiger partial charge in [-0.2, -0.15) is 4.31 Å². The Balaban J connectivity index is 2.48. The van der Waals surface area contributed by atoms with Crippen LogP contribution in [0.1, 0.15) is 42.1 Å². The van der Waals surface area contributed by atoms with Crippen LogP contribution in [0.3, 0.4) is 0 Å². The van der Waals surface area contributed by atoms with Crippen LogP contribution in [0.15, 0.2) is 23.1 Å². The molecule has 5 nitrogen and oxygen atoms in total. The average molecular weight is 297 g/mol. The van der Waals surface area contributed by atoms with Crippen LogP contribution in [0.5, 0.6) is 0 Å². The fourth-order valence-corrected chi connectivity index (χ4v) is 4.05. The number of rotatable bonds is 5. The molecule has 1 aromatic rings. The Labute approximate surface area is 119 Å². The lowest BCUT2D eigenvalue weighted by Crippen LogP contribution is -2.41. The molecule has 0 atom stereocenters. The summed E-state index contributed by atoms with van der Waals surface area (Å²) in [7, 11) is -2.05. The third-order valence-electron chi connectivity index (χ3n) is 3.94. The number of carboxylic acids is 1. The summed E-state index contributed by atoms with van der Waals surface area (Å²) in [5, 5.41) is 9.04. The van der Waals surface area contributed by atoms with E-state index in [4.69, 9.17) is 5.11 Å². The van der Waals surface area contributed by atoms with Gasteiger partial charge in [-0.05, 0) is 37.0 Å². The second kappa shape index (κ2) is 5.54. The molecule has 1 aromatic carbocycles. The lowest BCUT2D eigenvalue weighted by atomic mass is 9.94. The molecule has 0 saturated heterocycles. The molecule has 1 saturated carbocycles. The van der Waals surface area contributed by atoms with Gasteiger partial charge in [0.25, 0.3) is 0 Å². The predicted molar refractivity (Wildman–Crippen MR) is 75.4 cm³/mol. The molecule has 110 valence electrons. The lowest BCUT2D eigenvalue weighted by molar-refractivity contribution is 0.0696. The third-order valence-corrected chi connectivity index (χ3v) is 5.93. The molecule has 20 heavy (non-hydrogen) atoms. The van der Waals surface area contributed by atoms with E-state index in [1.165, 1.54) is 16.4 Å². The van der Waals surface area contributed by atoms with Crippen LogP contribution < -0.4 is 0 Å². The fourth-order valence-electron chi connectivity index (χ4n) is 2.32. The van der Waals surface area contributed by atoms with Gasteiger partial charge in [0.2, 0.25) is 10.0 Å². The van der Waals surface area contributed by atoms with Gasteiger partial charge >= 0.3 is 5.97 Å². The molecule has 0 unspecified atom stereocenters. The van der Waals surface area contributed by atoms with Crippen molar-refractivity contribution in [1.82, 2.24) is 4.31 Å². The maximum atomic E-state index is 12.7. The summed E-state index contributed by atoms with van der Waals surface area (Å²) in [4.78, 5) is 11.2. The van der Waals surface area contributed by atoms with E-state index in [0.29, 0.717) is 12.0 Å². The van der Waals surface area contributed by atoms with Gasteiger partial charge in [0.15, 0.2) is 0 Å². The molecule has 1 N–H and O–H groups in total.